The summed E-state index contributed by atoms with van der Waals surface area (Å²) in [5, 5.41) is 23.8. The fourth-order valence-corrected chi connectivity index (χ4v) is 14.2. The van der Waals surface area contributed by atoms with E-state index in [4.69, 9.17) is 52.1 Å². The van der Waals surface area contributed by atoms with Gasteiger partial charge >= 0.3 is 11.9 Å². The molecule has 23 heteroatoms. The number of nitrogens with zero attached hydrogens (tertiary/aromatic N) is 1. The standard InChI is InChI=1S/C88H159N5O18/c1-11-15-17-19-21-23-25-27-29-31-33-35-37-39-41-47-54-88(100,55-48-42-40-38-36-34-32-30-28-26-24-22-20-18-16-12-2)107-61-51-60-93(58-49-43-45-52-80(98)89-56-62-101-64-66-103-68-70-105-86-82(91-74(7)94)84(108-76(9)96)72(5)78(13-3)110-86)59-50-44-46-53-81(99)90-57-63-102-65-67-104-69-71-106-87-83(92-75(8)95)85(109-77(10)97)73(6)79(14-4)111-87/h21-24,27-30,72-73,78-79,82-87,100H,11-20,25-26,31-71H2,1-10H3,(H,89,98)(H,90,99)(H,91,94)(H,92,95)/b23-21-,24-22-,29-27-,30-28-/t72-,73-,78?,79?,82?,83?,84?,85?,86+,87+/m0/s1. The van der Waals surface area contributed by atoms with Crippen molar-refractivity contribution < 1.29 is 86.0 Å². The zero-order valence-electron chi connectivity index (χ0n) is 71.2. The van der Waals surface area contributed by atoms with Crippen molar-refractivity contribution in [1.29, 1.82) is 0 Å². The Morgan fingerprint density at radius 2 is 0.748 bits per heavy atom. The van der Waals surface area contributed by atoms with E-state index in [9.17, 15) is 33.9 Å². The molecule has 0 bridgehead atoms. The van der Waals surface area contributed by atoms with Crippen molar-refractivity contribution in [2.75, 3.05) is 105 Å². The van der Waals surface area contributed by atoms with Gasteiger partial charge in [-0.1, -0.05) is 180 Å². The molecule has 2 aliphatic heterocycles. The summed E-state index contributed by atoms with van der Waals surface area (Å²) in [6.07, 6.45) is 52.9. The Kier molecular flexibility index (Phi) is 64.2. The largest absolute Gasteiger partial charge is 0.460 e. The summed E-state index contributed by atoms with van der Waals surface area (Å²) >= 11 is 0. The third-order valence-corrected chi connectivity index (χ3v) is 20.5. The van der Waals surface area contributed by atoms with E-state index in [0.29, 0.717) is 97.9 Å². The smallest absolute Gasteiger partial charge is 0.302 e. The van der Waals surface area contributed by atoms with E-state index < -0.39 is 54.6 Å². The van der Waals surface area contributed by atoms with E-state index in [0.717, 1.165) is 116 Å². The molecule has 644 valence electrons. The summed E-state index contributed by atoms with van der Waals surface area (Å²) < 4.78 is 65.1. The van der Waals surface area contributed by atoms with Crippen LogP contribution in [0.1, 0.15) is 307 Å². The third kappa shape index (κ3) is 54.8. The third-order valence-electron chi connectivity index (χ3n) is 20.5. The zero-order valence-corrected chi connectivity index (χ0v) is 71.2. The minimum atomic E-state index is -1.14. The molecule has 2 fully saturated rings. The van der Waals surface area contributed by atoms with Gasteiger partial charge in [-0.05, 0) is 135 Å². The van der Waals surface area contributed by atoms with Crippen molar-refractivity contribution in [3.8, 4) is 0 Å². The van der Waals surface area contributed by atoms with Crippen LogP contribution in [0.2, 0.25) is 0 Å². The maximum absolute atomic E-state index is 12.9. The first-order valence-corrected chi connectivity index (χ1v) is 43.8. The monoisotopic (exact) mass is 1570 g/mol. The quantitative estimate of drug-likeness (QED) is 0.0164. The Balaban J connectivity index is 1.89. The second-order valence-electron chi connectivity index (χ2n) is 30.4. The summed E-state index contributed by atoms with van der Waals surface area (Å²) in [6.45, 7) is 24.6. The van der Waals surface area contributed by atoms with E-state index >= 15 is 0 Å². The second-order valence-corrected chi connectivity index (χ2v) is 30.4. The van der Waals surface area contributed by atoms with Gasteiger partial charge in [-0.3, -0.25) is 28.8 Å². The first kappa shape index (κ1) is 102. The molecule has 4 amide bonds. The van der Waals surface area contributed by atoms with Gasteiger partial charge in [0.05, 0.1) is 84.9 Å². The average molecular weight is 1580 g/mol. The predicted octanol–water partition coefficient (Wildman–Crippen LogP) is 15.7. The van der Waals surface area contributed by atoms with Gasteiger partial charge in [-0.25, -0.2) is 0 Å². The predicted molar refractivity (Wildman–Crippen MR) is 441 cm³/mol. The number of nitrogens with one attached hydrogen (secondary N) is 4. The average Bonchev–Trinajstić information content (AvgIpc) is 0.804. The molecule has 2 heterocycles. The molecule has 5 N–H and O–H groups in total. The lowest BCUT2D eigenvalue weighted by molar-refractivity contribution is -0.256. The Morgan fingerprint density at radius 1 is 0.405 bits per heavy atom. The number of hydrogen-bond donors (Lipinski definition) is 5. The normalized spacial score (nSPS) is 20.3. The van der Waals surface area contributed by atoms with Gasteiger partial charge in [0, 0.05) is 84.8 Å². The molecule has 10 atom stereocenters. The lowest BCUT2D eigenvalue weighted by Gasteiger charge is -2.44. The summed E-state index contributed by atoms with van der Waals surface area (Å²) in [6, 6.07) is -1.33. The van der Waals surface area contributed by atoms with Crippen LogP contribution in [0.15, 0.2) is 48.6 Å². The molecule has 2 rings (SSSR count). The van der Waals surface area contributed by atoms with Crippen LogP contribution in [0.5, 0.6) is 0 Å². The van der Waals surface area contributed by atoms with Gasteiger partial charge in [-0.2, -0.15) is 0 Å². The number of aliphatic hydroxyl groups is 1. The molecular weight excluding hydrogens is 1410 g/mol. The number of amides is 4. The Morgan fingerprint density at radius 3 is 1.12 bits per heavy atom. The lowest BCUT2D eigenvalue weighted by atomic mass is 9.87. The van der Waals surface area contributed by atoms with E-state index in [1.54, 1.807) is 0 Å². The van der Waals surface area contributed by atoms with Gasteiger partial charge in [0.2, 0.25) is 23.6 Å². The highest BCUT2D eigenvalue weighted by molar-refractivity contribution is 5.76. The summed E-state index contributed by atoms with van der Waals surface area (Å²) in [5.41, 5.74) is 0. The van der Waals surface area contributed by atoms with Crippen LogP contribution < -0.4 is 21.3 Å². The molecule has 23 nitrogen and oxygen atoms in total. The molecule has 111 heavy (non-hydrogen) atoms. The Bertz CT molecular complexity index is 2300. The number of unbranched alkanes of at least 4 members (excludes halogenated alkanes) is 22. The Labute approximate surface area is 672 Å². The molecule has 2 aliphatic rings. The number of rotatable bonds is 73. The molecule has 2 saturated heterocycles. The highest BCUT2D eigenvalue weighted by Gasteiger charge is 2.48. The molecular formula is C88H159N5O18. The van der Waals surface area contributed by atoms with E-state index in [1.165, 1.54) is 130 Å². The molecule has 0 aromatic carbocycles. The SMILES string of the molecule is CCCCC/C=C\C/C=C\CCCCCCCCC(O)(CCCCCCCC/C=C\C/C=C\CCCCC)OCCCN(CCCCCC(=O)NCCOCCOCCO[C@@H]1OC(CC)[C@H](C)C(OC(C)=O)C1NC(C)=O)CCCCCC(=O)NCCOCCOCCO[C@@H]1OC(CC)[C@H](C)C(OC(C)=O)C1NC(C)=O. The molecule has 0 aromatic heterocycles. The molecule has 0 radical (unpaired) electrons. The lowest BCUT2D eigenvalue weighted by Crippen LogP contribution is -2.62. The van der Waals surface area contributed by atoms with Crippen molar-refractivity contribution >= 4 is 35.6 Å². The molecule has 0 saturated carbocycles. The van der Waals surface area contributed by atoms with E-state index in [2.05, 4.69) is 88.6 Å². The summed E-state index contributed by atoms with van der Waals surface area (Å²) in [5.74, 6) is -2.89. The first-order valence-electron chi connectivity index (χ1n) is 43.8. The van der Waals surface area contributed by atoms with Gasteiger partial charge in [0.25, 0.3) is 0 Å². The summed E-state index contributed by atoms with van der Waals surface area (Å²) in [7, 11) is 0. The number of carbonyl (C=O) groups excluding carboxylic acids is 6. The van der Waals surface area contributed by atoms with Crippen molar-refractivity contribution in [2.24, 2.45) is 11.8 Å². The van der Waals surface area contributed by atoms with Crippen molar-refractivity contribution in [2.45, 2.75) is 362 Å². The van der Waals surface area contributed by atoms with Crippen molar-refractivity contribution in [1.82, 2.24) is 26.2 Å². The maximum atomic E-state index is 12.9. The number of ether oxygens (including phenoxy) is 11. The summed E-state index contributed by atoms with van der Waals surface area (Å²) in [4.78, 5) is 76.4. The van der Waals surface area contributed by atoms with Crippen LogP contribution in [-0.2, 0) is 80.9 Å². The highest BCUT2D eigenvalue weighted by atomic mass is 16.7. The van der Waals surface area contributed by atoms with Crippen LogP contribution in [0.3, 0.4) is 0 Å². The molecule has 0 aromatic rings. The van der Waals surface area contributed by atoms with Crippen LogP contribution in [0, 0.1) is 11.8 Å². The number of hydrogen-bond acceptors (Lipinski definition) is 19. The van der Waals surface area contributed by atoms with Crippen LogP contribution >= 0.6 is 0 Å². The number of carbonyl (C=O) groups is 6. The van der Waals surface area contributed by atoms with Crippen LogP contribution in [0.4, 0.5) is 0 Å². The van der Waals surface area contributed by atoms with Gasteiger partial charge < -0.3 is 83.4 Å². The van der Waals surface area contributed by atoms with Crippen molar-refractivity contribution in [3.05, 3.63) is 48.6 Å². The van der Waals surface area contributed by atoms with Crippen LogP contribution in [0.25, 0.3) is 0 Å². The van der Waals surface area contributed by atoms with Gasteiger partial charge in [0.15, 0.2) is 18.4 Å². The second kappa shape index (κ2) is 69.6. The Hall–Kier alpha value is -4.66. The van der Waals surface area contributed by atoms with Crippen molar-refractivity contribution in [3.63, 3.8) is 0 Å². The minimum absolute atomic E-state index is 0.0113. The number of allylic oxidation sites excluding steroid dienone is 8. The van der Waals surface area contributed by atoms with Gasteiger partial charge in [0.1, 0.15) is 24.3 Å². The molecule has 0 aliphatic carbocycles. The molecule has 0 spiro atoms. The maximum Gasteiger partial charge on any atom is 0.302 e. The minimum Gasteiger partial charge on any atom is -0.460 e. The topological polar surface area (TPSA) is 276 Å². The number of esters is 2. The fraction of sp³-hybridized carbons (Fsp3) is 0.841. The zero-order chi connectivity index (χ0) is 81.1. The van der Waals surface area contributed by atoms with Crippen LogP contribution in [-0.4, -0.2) is 206 Å². The first-order chi connectivity index (χ1) is 53.9. The van der Waals surface area contributed by atoms with E-state index in [1.807, 2.05) is 27.7 Å². The van der Waals surface area contributed by atoms with E-state index in [-0.39, 0.29) is 74.1 Å². The fourth-order valence-electron chi connectivity index (χ4n) is 14.2. The van der Waals surface area contributed by atoms with Gasteiger partial charge in [-0.15, -0.1) is 0 Å². The highest BCUT2D eigenvalue weighted by Crippen LogP contribution is 2.33. The molecule has 6 unspecified atom stereocenters.